The molecule has 3 unspecified atom stereocenters. The first kappa shape index (κ1) is 29.7. The molecule has 0 bridgehead atoms. The molecule has 3 atom stereocenters. The SMILES string of the molecule is CCCCCCCCCCCCCCCC(O)NC(C(=O)OC(S)C(C)C)C(C)C. The predicted molar refractivity (Wildman–Crippen MR) is 132 cm³/mol. The fourth-order valence-electron chi connectivity index (χ4n) is 3.51. The molecule has 0 radical (unpaired) electrons. The summed E-state index contributed by atoms with van der Waals surface area (Å²) in [5, 5.41) is 13.4. The van der Waals surface area contributed by atoms with Crippen LogP contribution in [0.15, 0.2) is 0 Å². The Morgan fingerprint density at radius 1 is 0.800 bits per heavy atom. The van der Waals surface area contributed by atoms with Crippen LogP contribution >= 0.6 is 12.6 Å². The quantitative estimate of drug-likeness (QED) is 0.0829. The third kappa shape index (κ3) is 16.4. The van der Waals surface area contributed by atoms with Crippen molar-refractivity contribution in [3.8, 4) is 0 Å². The van der Waals surface area contributed by atoms with Crippen molar-refractivity contribution in [2.75, 3.05) is 0 Å². The number of unbranched alkanes of at least 4 members (excludes halogenated alkanes) is 12. The molecule has 0 spiro atoms. The molecule has 30 heavy (non-hydrogen) atoms. The van der Waals surface area contributed by atoms with Crippen molar-refractivity contribution in [2.24, 2.45) is 11.8 Å². The predicted octanol–water partition coefficient (Wildman–Crippen LogP) is 6.86. The van der Waals surface area contributed by atoms with E-state index in [-0.39, 0.29) is 17.8 Å². The first-order chi connectivity index (χ1) is 14.3. The van der Waals surface area contributed by atoms with Crippen molar-refractivity contribution >= 4 is 18.6 Å². The van der Waals surface area contributed by atoms with Crippen LogP contribution in [0, 0.1) is 11.8 Å². The van der Waals surface area contributed by atoms with Gasteiger partial charge in [0.05, 0.1) is 0 Å². The van der Waals surface area contributed by atoms with Crippen molar-refractivity contribution in [3.05, 3.63) is 0 Å². The Morgan fingerprint density at radius 2 is 1.23 bits per heavy atom. The maximum Gasteiger partial charge on any atom is 0.324 e. The van der Waals surface area contributed by atoms with E-state index in [2.05, 4.69) is 24.9 Å². The van der Waals surface area contributed by atoms with Gasteiger partial charge in [0.2, 0.25) is 0 Å². The Kier molecular flexibility index (Phi) is 19.3. The first-order valence-corrected chi connectivity index (χ1v) is 13.1. The summed E-state index contributed by atoms with van der Waals surface area (Å²) >= 11 is 4.32. The summed E-state index contributed by atoms with van der Waals surface area (Å²) in [5.41, 5.74) is -0.418. The molecular weight excluding hydrogens is 394 g/mol. The van der Waals surface area contributed by atoms with E-state index in [9.17, 15) is 9.90 Å². The minimum absolute atomic E-state index is 0.0477. The molecule has 0 aliphatic carbocycles. The van der Waals surface area contributed by atoms with Crippen LogP contribution in [0.1, 0.15) is 125 Å². The number of carbonyl (C=O) groups excluding carboxylic acids is 1. The van der Waals surface area contributed by atoms with E-state index in [4.69, 9.17) is 4.74 Å². The lowest BCUT2D eigenvalue weighted by molar-refractivity contribution is -0.151. The monoisotopic (exact) mass is 445 g/mol. The van der Waals surface area contributed by atoms with Gasteiger partial charge in [-0.05, 0) is 24.7 Å². The van der Waals surface area contributed by atoms with Crippen LogP contribution in [-0.2, 0) is 9.53 Å². The molecule has 0 aromatic heterocycles. The van der Waals surface area contributed by atoms with Crippen molar-refractivity contribution < 1.29 is 14.6 Å². The fraction of sp³-hybridized carbons (Fsp3) is 0.960. The van der Waals surface area contributed by atoms with E-state index in [1.54, 1.807) is 0 Å². The van der Waals surface area contributed by atoms with Gasteiger partial charge in [0.15, 0.2) is 0 Å². The zero-order valence-electron chi connectivity index (χ0n) is 20.5. The molecule has 2 N–H and O–H groups in total. The minimum atomic E-state index is -0.671. The summed E-state index contributed by atoms with van der Waals surface area (Å²) in [6, 6.07) is -0.504. The van der Waals surface area contributed by atoms with E-state index in [0.29, 0.717) is 6.42 Å². The molecule has 180 valence electrons. The second-order valence-corrected chi connectivity index (χ2v) is 10.0. The highest BCUT2D eigenvalue weighted by Gasteiger charge is 2.27. The topological polar surface area (TPSA) is 58.6 Å². The lowest BCUT2D eigenvalue weighted by atomic mass is 10.0. The van der Waals surface area contributed by atoms with Gasteiger partial charge < -0.3 is 9.84 Å². The molecule has 0 aliphatic rings. The average Bonchev–Trinajstić information content (AvgIpc) is 2.69. The lowest BCUT2D eigenvalue weighted by Crippen LogP contribution is -2.48. The summed E-state index contributed by atoms with van der Waals surface area (Å²) < 4.78 is 5.41. The molecule has 0 aliphatic heterocycles. The Labute approximate surface area is 192 Å². The number of esters is 1. The third-order valence-electron chi connectivity index (χ3n) is 5.68. The highest BCUT2D eigenvalue weighted by atomic mass is 32.1. The Balaban J connectivity index is 3.77. The normalized spacial score (nSPS) is 14.8. The van der Waals surface area contributed by atoms with E-state index in [1.165, 1.54) is 70.6 Å². The molecule has 0 heterocycles. The number of hydrogen-bond acceptors (Lipinski definition) is 5. The van der Waals surface area contributed by atoms with Gasteiger partial charge >= 0.3 is 5.97 Å². The smallest absolute Gasteiger partial charge is 0.324 e. The molecule has 0 fully saturated rings. The van der Waals surface area contributed by atoms with Gasteiger partial charge in [-0.1, -0.05) is 112 Å². The van der Waals surface area contributed by atoms with Gasteiger partial charge in [-0.3, -0.25) is 10.1 Å². The zero-order chi connectivity index (χ0) is 22.8. The number of thiol groups is 1. The molecule has 0 rings (SSSR count). The van der Waals surface area contributed by atoms with Crippen LogP contribution < -0.4 is 5.32 Å². The van der Waals surface area contributed by atoms with Gasteiger partial charge in [0, 0.05) is 0 Å². The molecule has 0 saturated heterocycles. The number of aliphatic hydroxyl groups is 1. The van der Waals surface area contributed by atoms with E-state index < -0.39 is 17.7 Å². The lowest BCUT2D eigenvalue weighted by Gasteiger charge is -2.26. The van der Waals surface area contributed by atoms with Crippen LogP contribution in [0.2, 0.25) is 0 Å². The molecule has 0 aromatic rings. The summed E-state index contributed by atoms with van der Waals surface area (Å²) in [6.45, 7) is 10.1. The van der Waals surface area contributed by atoms with Gasteiger partial charge in [-0.25, -0.2) is 0 Å². The molecule has 0 amide bonds. The summed E-state index contributed by atoms with van der Waals surface area (Å²) in [7, 11) is 0. The van der Waals surface area contributed by atoms with Gasteiger partial charge in [-0.2, -0.15) is 0 Å². The number of ether oxygens (including phenoxy) is 1. The largest absolute Gasteiger partial charge is 0.450 e. The Bertz CT molecular complexity index is 404. The zero-order valence-corrected chi connectivity index (χ0v) is 21.4. The minimum Gasteiger partial charge on any atom is -0.450 e. The number of hydrogen-bond donors (Lipinski definition) is 3. The number of rotatable bonds is 20. The molecular formula is C25H51NO3S. The van der Waals surface area contributed by atoms with Crippen molar-refractivity contribution in [1.29, 1.82) is 0 Å². The van der Waals surface area contributed by atoms with Crippen LogP contribution in [0.4, 0.5) is 0 Å². The van der Waals surface area contributed by atoms with Crippen molar-refractivity contribution in [3.63, 3.8) is 0 Å². The Hall–Kier alpha value is -0.260. The highest BCUT2D eigenvalue weighted by Crippen LogP contribution is 2.16. The Morgan fingerprint density at radius 3 is 1.63 bits per heavy atom. The second kappa shape index (κ2) is 19.4. The standard InChI is InChI=1S/C25H51NO3S/c1-6-7-8-9-10-11-12-13-14-15-16-17-18-19-22(27)26-23(20(2)3)24(28)29-25(30)21(4)5/h20-23,25-27,30H,6-19H2,1-5H3. The number of nitrogens with one attached hydrogen (secondary N) is 1. The summed E-state index contributed by atoms with van der Waals surface area (Å²) in [4.78, 5) is 12.4. The fourth-order valence-corrected chi connectivity index (χ4v) is 3.61. The molecule has 4 nitrogen and oxygen atoms in total. The van der Waals surface area contributed by atoms with E-state index >= 15 is 0 Å². The summed E-state index contributed by atoms with van der Waals surface area (Å²) in [6.07, 6.45) is 17.0. The molecule has 5 heteroatoms. The van der Waals surface area contributed by atoms with Crippen molar-refractivity contribution in [2.45, 2.75) is 142 Å². The van der Waals surface area contributed by atoms with Crippen molar-refractivity contribution in [1.82, 2.24) is 5.32 Å². The molecule has 0 saturated carbocycles. The number of aliphatic hydroxyl groups excluding tert-OH is 1. The molecule has 0 aromatic carbocycles. The average molecular weight is 446 g/mol. The van der Waals surface area contributed by atoms with Gasteiger partial charge in [0.1, 0.15) is 17.7 Å². The highest BCUT2D eigenvalue weighted by molar-refractivity contribution is 7.80. The maximum atomic E-state index is 12.4. The van der Waals surface area contributed by atoms with E-state index in [0.717, 1.165) is 12.8 Å². The van der Waals surface area contributed by atoms with Crippen LogP contribution in [-0.4, -0.2) is 28.8 Å². The third-order valence-corrected chi connectivity index (χ3v) is 6.38. The maximum absolute atomic E-state index is 12.4. The van der Waals surface area contributed by atoms with Gasteiger partial charge in [-0.15, -0.1) is 12.6 Å². The van der Waals surface area contributed by atoms with E-state index in [1.807, 2.05) is 27.7 Å². The second-order valence-electron chi connectivity index (χ2n) is 9.51. The number of carbonyl (C=O) groups is 1. The van der Waals surface area contributed by atoms with Crippen LogP contribution in [0.25, 0.3) is 0 Å². The van der Waals surface area contributed by atoms with Gasteiger partial charge in [0.25, 0.3) is 0 Å². The first-order valence-electron chi connectivity index (χ1n) is 12.6. The summed E-state index contributed by atoms with van der Waals surface area (Å²) in [5.74, 6) is -0.129. The van der Waals surface area contributed by atoms with Crippen LogP contribution in [0.5, 0.6) is 0 Å². The van der Waals surface area contributed by atoms with Crippen LogP contribution in [0.3, 0.4) is 0 Å².